The average Bonchev–Trinajstić information content (AvgIpc) is 2.94. The van der Waals surface area contributed by atoms with Gasteiger partial charge in [0.05, 0.1) is 4.90 Å². The van der Waals surface area contributed by atoms with E-state index in [1.165, 1.54) is 0 Å². The number of hydrogen-bond acceptors (Lipinski definition) is 2. The summed E-state index contributed by atoms with van der Waals surface area (Å²) in [4.78, 5) is 0.499. The minimum absolute atomic E-state index is 0.208. The number of benzene rings is 1. The normalized spacial score (nSPS) is 23.8. The van der Waals surface area contributed by atoms with Gasteiger partial charge in [0.15, 0.2) is 0 Å². The van der Waals surface area contributed by atoms with E-state index in [-0.39, 0.29) is 6.04 Å². The van der Waals surface area contributed by atoms with Crippen molar-refractivity contribution < 1.29 is 8.42 Å². The van der Waals surface area contributed by atoms with Crippen molar-refractivity contribution >= 4 is 10.0 Å². The second-order valence-corrected chi connectivity index (χ2v) is 6.69. The predicted octanol–water partition coefficient (Wildman–Crippen LogP) is 2.39. The summed E-state index contributed by atoms with van der Waals surface area (Å²) in [7, 11) is -3.27. The first kappa shape index (κ1) is 12.6. The van der Waals surface area contributed by atoms with Gasteiger partial charge in [0.1, 0.15) is 0 Å². The second-order valence-electron chi connectivity index (χ2n) is 4.86. The molecule has 3 nitrogen and oxygen atoms in total. The van der Waals surface area contributed by atoms with Crippen LogP contribution in [0, 0.1) is 20.8 Å². The molecule has 0 saturated carbocycles. The Bertz CT molecular complexity index is 526. The molecule has 2 rings (SSSR count). The molecule has 1 fully saturated rings. The van der Waals surface area contributed by atoms with Crippen LogP contribution >= 0.6 is 0 Å². The van der Waals surface area contributed by atoms with Gasteiger partial charge in [-0.05, 0) is 38.3 Å². The summed E-state index contributed by atoms with van der Waals surface area (Å²) in [6, 6.07) is 4.08. The molecule has 0 radical (unpaired) electrons. The van der Waals surface area contributed by atoms with Gasteiger partial charge in [0.25, 0.3) is 0 Å². The third kappa shape index (κ3) is 2.11. The highest BCUT2D eigenvalue weighted by Gasteiger charge is 2.44. The SMILES string of the molecule is CCC1CN1S(=O)(=O)c1c(C)cc(C)cc1C. The Labute approximate surface area is 104 Å². The molecule has 0 spiro atoms. The van der Waals surface area contributed by atoms with Crippen LogP contribution < -0.4 is 0 Å². The average molecular weight is 253 g/mol. The molecule has 1 aliphatic heterocycles. The Balaban J connectivity index is 2.48. The maximum atomic E-state index is 12.4. The summed E-state index contributed by atoms with van der Waals surface area (Å²) in [6.07, 6.45) is 0.892. The molecular weight excluding hydrogens is 234 g/mol. The zero-order valence-corrected chi connectivity index (χ0v) is 11.6. The number of hydrogen-bond donors (Lipinski definition) is 0. The quantitative estimate of drug-likeness (QED) is 0.776. The molecule has 0 aromatic heterocycles. The lowest BCUT2D eigenvalue weighted by Crippen LogP contribution is -2.17. The molecule has 1 aromatic carbocycles. The summed E-state index contributed by atoms with van der Waals surface area (Å²) in [5.74, 6) is 0. The van der Waals surface area contributed by atoms with E-state index in [2.05, 4.69) is 0 Å². The van der Waals surface area contributed by atoms with Gasteiger partial charge in [-0.15, -0.1) is 0 Å². The smallest absolute Gasteiger partial charge is 0.207 e. The van der Waals surface area contributed by atoms with Gasteiger partial charge in [-0.2, -0.15) is 4.31 Å². The molecule has 94 valence electrons. The van der Waals surface area contributed by atoms with Crippen LogP contribution in [0.3, 0.4) is 0 Å². The molecule has 17 heavy (non-hydrogen) atoms. The highest BCUT2D eigenvalue weighted by Crippen LogP contribution is 2.33. The Morgan fingerprint density at radius 1 is 1.24 bits per heavy atom. The number of sulfonamides is 1. The first-order chi connectivity index (χ1) is 7.87. The number of nitrogens with zero attached hydrogens (tertiary/aromatic N) is 1. The van der Waals surface area contributed by atoms with Gasteiger partial charge < -0.3 is 0 Å². The van der Waals surface area contributed by atoms with Crippen LogP contribution in [0.2, 0.25) is 0 Å². The molecular formula is C13H19NO2S. The Morgan fingerprint density at radius 3 is 2.18 bits per heavy atom. The second kappa shape index (κ2) is 4.10. The summed E-state index contributed by atoms with van der Waals surface area (Å²) in [6.45, 7) is 8.43. The van der Waals surface area contributed by atoms with Gasteiger partial charge >= 0.3 is 0 Å². The van der Waals surface area contributed by atoms with Gasteiger partial charge in [-0.25, -0.2) is 8.42 Å². The largest absolute Gasteiger partial charge is 0.243 e. The summed E-state index contributed by atoms with van der Waals surface area (Å²) < 4.78 is 26.5. The molecule has 0 N–H and O–H groups in total. The molecule has 1 heterocycles. The number of rotatable bonds is 3. The monoisotopic (exact) mass is 253 g/mol. The highest BCUT2D eigenvalue weighted by atomic mass is 32.2. The van der Waals surface area contributed by atoms with Crippen LogP contribution in [-0.2, 0) is 10.0 Å². The lowest BCUT2D eigenvalue weighted by Gasteiger charge is -2.13. The molecule has 2 atom stereocenters. The van der Waals surface area contributed by atoms with Crippen molar-refractivity contribution in [2.75, 3.05) is 6.54 Å². The fourth-order valence-electron chi connectivity index (χ4n) is 2.48. The van der Waals surface area contributed by atoms with Crippen molar-refractivity contribution in [2.45, 2.75) is 45.1 Å². The Hall–Kier alpha value is -0.870. The molecule has 1 aliphatic rings. The van der Waals surface area contributed by atoms with Crippen LogP contribution in [0.25, 0.3) is 0 Å². The van der Waals surface area contributed by atoms with Gasteiger partial charge in [0.2, 0.25) is 10.0 Å². The van der Waals surface area contributed by atoms with Gasteiger partial charge in [0, 0.05) is 12.6 Å². The van der Waals surface area contributed by atoms with Gasteiger partial charge in [-0.1, -0.05) is 24.6 Å². The van der Waals surface area contributed by atoms with Crippen LogP contribution in [0.5, 0.6) is 0 Å². The highest BCUT2D eigenvalue weighted by molar-refractivity contribution is 7.89. The number of aryl methyl sites for hydroxylation is 3. The Morgan fingerprint density at radius 2 is 1.76 bits per heavy atom. The van der Waals surface area contributed by atoms with E-state index in [0.717, 1.165) is 23.1 Å². The summed E-state index contributed by atoms with van der Waals surface area (Å²) in [5.41, 5.74) is 2.81. The molecule has 1 saturated heterocycles. The molecule has 1 aromatic rings. The van der Waals surface area contributed by atoms with Crippen molar-refractivity contribution in [2.24, 2.45) is 0 Å². The third-order valence-electron chi connectivity index (χ3n) is 3.31. The molecule has 0 aliphatic carbocycles. The van der Waals surface area contributed by atoms with Crippen LogP contribution in [-0.4, -0.2) is 25.3 Å². The van der Waals surface area contributed by atoms with Crippen molar-refractivity contribution in [3.8, 4) is 0 Å². The Kier molecular flexibility index (Phi) is 3.04. The van der Waals surface area contributed by atoms with E-state index >= 15 is 0 Å². The van der Waals surface area contributed by atoms with Crippen LogP contribution in [0.15, 0.2) is 17.0 Å². The van der Waals surface area contributed by atoms with E-state index in [1.807, 2.05) is 39.8 Å². The summed E-state index contributed by atoms with van der Waals surface area (Å²) in [5, 5.41) is 0. The van der Waals surface area contributed by atoms with Crippen LogP contribution in [0.4, 0.5) is 0 Å². The maximum Gasteiger partial charge on any atom is 0.243 e. The third-order valence-corrected chi connectivity index (χ3v) is 5.53. The predicted molar refractivity (Wildman–Crippen MR) is 68.6 cm³/mol. The van der Waals surface area contributed by atoms with E-state index in [4.69, 9.17) is 0 Å². The molecule has 2 unspecified atom stereocenters. The van der Waals surface area contributed by atoms with Crippen molar-refractivity contribution in [1.29, 1.82) is 0 Å². The zero-order valence-electron chi connectivity index (χ0n) is 10.8. The van der Waals surface area contributed by atoms with Gasteiger partial charge in [-0.3, -0.25) is 0 Å². The minimum atomic E-state index is -3.27. The minimum Gasteiger partial charge on any atom is -0.207 e. The molecule has 0 bridgehead atoms. The van der Waals surface area contributed by atoms with Crippen LogP contribution in [0.1, 0.15) is 30.0 Å². The lowest BCUT2D eigenvalue weighted by atomic mass is 10.1. The fraction of sp³-hybridized carbons (Fsp3) is 0.538. The fourth-order valence-corrected chi connectivity index (χ4v) is 4.55. The van der Waals surface area contributed by atoms with Crippen molar-refractivity contribution in [3.05, 3.63) is 28.8 Å². The van der Waals surface area contributed by atoms with E-state index in [1.54, 1.807) is 4.31 Å². The van der Waals surface area contributed by atoms with Crippen molar-refractivity contribution in [1.82, 2.24) is 4.31 Å². The van der Waals surface area contributed by atoms with Crippen molar-refractivity contribution in [3.63, 3.8) is 0 Å². The summed E-state index contributed by atoms with van der Waals surface area (Å²) >= 11 is 0. The lowest BCUT2D eigenvalue weighted by molar-refractivity contribution is 0.549. The maximum absolute atomic E-state index is 12.4. The first-order valence-corrected chi connectivity index (χ1v) is 7.41. The first-order valence-electron chi connectivity index (χ1n) is 5.97. The molecule has 0 amide bonds. The standard InChI is InChI=1S/C13H19NO2S/c1-5-12-8-14(12)17(15,16)13-10(3)6-9(2)7-11(13)4/h6-7,12H,5,8H2,1-4H3. The zero-order chi connectivity index (χ0) is 12.8. The topological polar surface area (TPSA) is 37.1 Å². The molecule has 4 heteroatoms. The van der Waals surface area contributed by atoms with E-state index in [0.29, 0.717) is 11.4 Å². The van der Waals surface area contributed by atoms with E-state index in [9.17, 15) is 8.42 Å². The van der Waals surface area contributed by atoms with E-state index < -0.39 is 10.0 Å².